The number of amides is 5. The maximum Gasteiger partial charge on any atom is 0.329 e. The van der Waals surface area contributed by atoms with Crippen LogP contribution in [0.15, 0.2) is 91.0 Å². The number of nitrogens with two attached hydrogens (primary N) is 1. The molecule has 6 aromatic rings. The van der Waals surface area contributed by atoms with Crippen molar-refractivity contribution >= 4 is 57.8 Å². The Labute approximate surface area is 414 Å². The second-order valence-electron chi connectivity index (χ2n) is 19.1. The van der Waals surface area contributed by atoms with Crippen molar-refractivity contribution in [2.24, 2.45) is 18.7 Å². The van der Waals surface area contributed by atoms with E-state index in [-0.39, 0.29) is 76.0 Å². The third-order valence-corrected chi connectivity index (χ3v) is 15.4. The molecule has 2 atom stereocenters. The third-order valence-electron chi connectivity index (χ3n) is 15.0. The molecule has 0 unspecified atom stereocenters. The van der Waals surface area contributed by atoms with Crippen LogP contribution in [0.3, 0.4) is 0 Å². The minimum Gasteiger partial charge on any atom is -0.494 e. The van der Waals surface area contributed by atoms with Gasteiger partial charge in [0.15, 0.2) is 23.0 Å². The van der Waals surface area contributed by atoms with Crippen LogP contribution in [0.2, 0.25) is 5.02 Å². The number of hydrogen-bond acceptors (Lipinski definition) is 9. The van der Waals surface area contributed by atoms with Gasteiger partial charge in [-0.3, -0.25) is 29.3 Å². The standard InChI is InChI=1S/C54H55ClF2N8O6/c1-30-45-43(28-40(56)48(55)47(45)46-39(50(58)67)19-20-42(70-3)49(46)57)71-54(30,34-7-5-4-6-8-34)29-59-35-14-11-32(12-15-35)52(68)64-24-21-37(22-25-64)60-36-16-9-31(10-17-36)33-13-18-38-41(27-33)63(2)62-51(38)65-26-23-44(66)61-53(65)69/h4-10,13,16-20,27-28,30,32,35,37,59-60H,11-12,14-15,21-26,29H2,1-3H3,(H2,58,67)(H,61,66,69)/t30-,32?,35?,54-/m0/s1. The number of urea groups is 1. The summed E-state index contributed by atoms with van der Waals surface area (Å²) in [7, 11) is 3.14. The highest BCUT2D eigenvalue weighted by atomic mass is 35.5. The SMILES string of the molecule is COc1ccc(C(N)=O)c(-c2c(Cl)c(F)cc3c2[C@H](C)[C@@](CNC2CCC(C(=O)N4CCC(Nc5ccc(-c6ccc7c(N8CCC(=O)NC8=O)nn(C)c7c6)cc5)CC4)CC2)(c2ccccc2)O3)c1F. The lowest BCUT2D eigenvalue weighted by molar-refractivity contribution is -0.137. The Bertz CT molecular complexity index is 3060. The number of benzene rings is 5. The van der Waals surface area contributed by atoms with Crippen LogP contribution in [0.5, 0.6) is 11.5 Å². The summed E-state index contributed by atoms with van der Waals surface area (Å²) < 4.78 is 45.8. The summed E-state index contributed by atoms with van der Waals surface area (Å²) in [5.41, 5.74) is 9.44. The van der Waals surface area contributed by atoms with E-state index in [1.54, 1.807) is 4.68 Å². The van der Waals surface area contributed by atoms with Crippen molar-refractivity contribution < 1.29 is 37.4 Å². The molecule has 1 saturated carbocycles. The number of fused-ring (bicyclic) bond motifs is 2. The first-order valence-corrected chi connectivity index (χ1v) is 24.5. The van der Waals surface area contributed by atoms with Gasteiger partial charge in [0.05, 0.1) is 23.2 Å². The zero-order valence-electron chi connectivity index (χ0n) is 39.7. The van der Waals surface area contributed by atoms with Crippen molar-refractivity contribution in [2.75, 3.05) is 43.5 Å². The second kappa shape index (κ2) is 19.3. The number of likely N-dealkylation sites (tertiary alicyclic amines) is 1. The maximum absolute atomic E-state index is 16.2. The Balaban J connectivity index is 0.752. The van der Waals surface area contributed by atoms with Gasteiger partial charge in [0.1, 0.15) is 11.6 Å². The molecule has 3 fully saturated rings. The number of anilines is 2. The number of rotatable bonds is 12. The van der Waals surface area contributed by atoms with Gasteiger partial charge in [0.25, 0.3) is 0 Å². The summed E-state index contributed by atoms with van der Waals surface area (Å²) in [4.78, 5) is 54.4. The predicted molar refractivity (Wildman–Crippen MR) is 268 cm³/mol. The van der Waals surface area contributed by atoms with Crippen molar-refractivity contribution in [1.29, 1.82) is 0 Å². The predicted octanol–water partition coefficient (Wildman–Crippen LogP) is 9.04. The molecule has 5 aromatic carbocycles. The number of primary amides is 1. The summed E-state index contributed by atoms with van der Waals surface area (Å²) in [6.07, 6.45) is 4.91. The molecule has 5 amide bonds. The molecule has 0 radical (unpaired) electrons. The highest BCUT2D eigenvalue weighted by molar-refractivity contribution is 6.34. The smallest absolute Gasteiger partial charge is 0.329 e. The minimum absolute atomic E-state index is 0.00801. The Morgan fingerprint density at radius 2 is 1.62 bits per heavy atom. The van der Waals surface area contributed by atoms with Crippen LogP contribution < -0.4 is 36.1 Å². The number of aromatic nitrogens is 2. The molecular formula is C54H55ClF2N8O6. The van der Waals surface area contributed by atoms with Crippen LogP contribution in [0, 0.1) is 17.6 Å². The van der Waals surface area contributed by atoms with Gasteiger partial charge in [-0.1, -0.05) is 67.1 Å². The monoisotopic (exact) mass is 984 g/mol. The number of imide groups is 1. The number of methoxy groups -OCH3 is 1. The van der Waals surface area contributed by atoms with E-state index in [4.69, 9.17) is 26.8 Å². The first-order valence-electron chi connectivity index (χ1n) is 24.1. The van der Waals surface area contributed by atoms with Gasteiger partial charge < -0.3 is 30.7 Å². The van der Waals surface area contributed by atoms with Crippen molar-refractivity contribution in [3.8, 4) is 33.8 Å². The number of nitrogens with zero attached hydrogens (tertiary/aromatic N) is 4. The lowest BCUT2D eigenvalue weighted by Gasteiger charge is -2.38. The Hall–Kier alpha value is -7.04. The number of ether oxygens (including phenoxy) is 2. The highest BCUT2D eigenvalue weighted by Gasteiger charge is 2.50. The molecule has 14 nitrogen and oxygen atoms in total. The molecule has 1 aromatic heterocycles. The lowest BCUT2D eigenvalue weighted by atomic mass is 9.77. The molecule has 4 heterocycles. The third kappa shape index (κ3) is 8.81. The van der Waals surface area contributed by atoms with Crippen LogP contribution in [0.4, 0.5) is 25.1 Å². The summed E-state index contributed by atoms with van der Waals surface area (Å²) in [5, 5.41) is 14.9. The normalized spacial score (nSPS) is 21.5. The first kappa shape index (κ1) is 47.6. The van der Waals surface area contributed by atoms with Gasteiger partial charge in [-0.05, 0) is 91.6 Å². The minimum atomic E-state index is -1.08. The lowest BCUT2D eigenvalue weighted by Crippen LogP contribution is -2.49. The van der Waals surface area contributed by atoms with Crippen LogP contribution in [-0.4, -0.2) is 83.8 Å². The molecule has 0 spiro atoms. The van der Waals surface area contributed by atoms with Gasteiger partial charge in [0, 0.05) is 97.4 Å². The van der Waals surface area contributed by atoms with Crippen LogP contribution >= 0.6 is 11.6 Å². The van der Waals surface area contributed by atoms with Gasteiger partial charge in [-0.2, -0.15) is 5.10 Å². The van der Waals surface area contributed by atoms with Crippen LogP contribution in [0.25, 0.3) is 33.2 Å². The fourth-order valence-corrected chi connectivity index (χ4v) is 11.4. The number of hydrogen-bond donors (Lipinski definition) is 4. The zero-order chi connectivity index (χ0) is 49.7. The van der Waals surface area contributed by atoms with Crippen LogP contribution in [-0.2, 0) is 22.2 Å². The largest absolute Gasteiger partial charge is 0.494 e. The average molecular weight is 986 g/mol. The molecule has 368 valence electrons. The molecule has 4 aliphatic rings. The number of carbonyl (C=O) groups is 4. The van der Waals surface area contributed by atoms with E-state index in [9.17, 15) is 19.2 Å². The van der Waals surface area contributed by atoms with Crippen molar-refractivity contribution in [3.05, 3.63) is 124 Å². The molecule has 3 aliphatic heterocycles. The van der Waals surface area contributed by atoms with Crippen molar-refractivity contribution in [1.82, 2.24) is 25.3 Å². The zero-order valence-corrected chi connectivity index (χ0v) is 40.5. The highest BCUT2D eigenvalue weighted by Crippen LogP contribution is 2.56. The van der Waals surface area contributed by atoms with Gasteiger partial charge in [-0.15, -0.1) is 0 Å². The summed E-state index contributed by atoms with van der Waals surface area (Å²) in [6.45, 7) is 3.88. The Morgan fingerprint density at radius 3 is 2.31 bits per heavy atom. The van der Waals surface area contributed by atoms with Gasteiger partial charge >= 0.3 is 6.03 Å². The summed E-state index contributed by atoms with van der Waals surface area (Å²) in [6, 6.07) is 27.6. The van der Waals surface area contributed by atoms with Crippen LogP contribution in [0.1, 0.15) is 79.3 Å². The summed E-state index contributed by atoms with van der Waals surface area (Å²) in [5.74, 6) is -2.75. The average Bonchev–Trinajstić information content (AvgIpc) is 3.86. The second-order valence-corrected chi connectivity index (χ2v) is 19.5. The molecule has 1 aliphatic carbocycles. The maximum atomic E-state index is 16.2. The van der Waals surface area contributed by atoms with Crippen molar-refractivity contribution in [3.63, 3.8) is 0 Å². The molecule has 17 heteroatoms. The molecule has 5 N–H and O–H groups in total. The van der Waals surface area contributed by atoms with E-state index in [0.717, 1.165) is 71.8 Å². The topological polar surface area (TPSA) is 173 Å². The number of nitrogens with one attached hydrogen (secondary N) is 3. The van der Waals surface area contributed by atoms with E-state index >= 15 is 8.78 Å². The van der Waals surface area contributed by atoms with Gasteiger partial charge in [0.2, 0.25) is 17.7 Å². The van der Waals surface area contributed by atoms with Gasteiger partial charge in [-0.25, -0.2) is 13.6 Å². The van der Waals surface area contributed by atoms with E-state index in [1.165, 1.54) is 30.2 Å². The summed E-state index contributed by atoms with van der Waals surface area (Å²) >= 11 is 6.70. The number of piperidine rings is 1. The number of carbonyl (C=O) groups excluding carboxylic acids is 4. The fraction of sp³-hybridized carbons (Fsp3) is 0.352. The van der Waals surface area contributed by atoms with Crippen molar-refractivity contribution in [2.45, 2.75) is 75.5 Å². The molecule has 0 bridgehead atoms. The van der Waals surface area contributed by atoms with E-state index in [1.807, 2.05) is 61.3 Å². The molecular weight excluding hydrogens is 930 g/mol. The molecule has 71 heavy (non-hydrogen) atoms. The fourth-order valence-electron chi connectivity index (χ4n) is 11.1. The molecule has 10 rings (SSSR count). The quantitative estimate of drug-likeness (QED) is 0.0934. The Kier molecular flexibility index (Phi) is 12.9. The molecule has 2 saturated heterocycles. The number of aryl methyl sites for hydroxylation is 1. The van der Waals surface area contributed by atoms with E-state index in [2.05, 4.69) is 51.4 Å². The van der Waals surface area contributed by atoms with E-state index in [0.29, 0.717) is 31.0 Å². The first-order chi connectivity index (χ1) is 34.2. The van der Waals surface area contributed by atoms with E-state index < -0.39 is 35.1 Å². The number of halogens is 3. The Morgan fingerprint density at radius 1 is 0.901 bits per heavy atom.